The second kappa shape index (κ2) is 16.3. The first kappa shape index (κ1) is 35.6. The van der Waals surface area contributed by atoms with Gasteiger partial charge >= 0.3 is 0 Å². The zero-order valence-electron chi connectivity index (χ0n) is 28.6. The summed E-state index contributed by atoms with van der Waals surface area (Å²) in [5, 5.41) is 5.20. The standard InChI is InChI=1S/C24H16IN.C12H8I2.C12H9N/c25-19-13-9-17(10-14-19)18-11-15-20(16-12-18)26-23-7-3-1-5-21(23)22-6-2-4-8-24(22)26;13-11-5-1-9(2-6-11)10-3-7-12(14)8-4-10;1-3-7-11-9(5-1)10-6-2-4-8-12(10)13-11/h1-16H;1-8H;1-8,13H. The Morgan fingerprint density at radius 1 is 0.302 bits per heavy atom. The highest BCUT2D eigenvalue weighted by Crippen LogP contribution is 2.33. The molecule has 10 rings (SSSR count). The Labute approximate surface area is 350 Å². The van der Waals surface area contributed by atoms with Crippen LogP contribution in [0.2, 0.25) is 0 Å². The lowest BCUT2D eigenvalue weighted by molar-refractivity contribution is 1.18. The van der Waals surface area contributed by atoms with Gasteiger partial charge in [0.1, 0.15) is 0 Å². The lowest BCUT2D eigenvalue weighted by Gasteiger charge is -2.09. The molecule has 10 aromatic rings. The highest BCUT2D eigenvalue weighted by Gasteiger charge is 2.11. The fraction of sp³-hybridized carbons (Fsp3) is 0. The van der Waals surface area contributed by atoms with Crippen molar-refractivity contribution < 1.29 is 0 Å². The first-order chi connectivity index (χ1) is 26.0. The van der Waals surface area contributed by atoms with E-state index in [4.69, 9.17) is 0 Å². The van der Waals surface area contributed by atoms with E-state index in [9.17, 15) is 0 Å². The van der Waals surface area contributed by atoms with Crippen molar-refractivity contribution in [3.8, 4) is 27.9 Å². The minimum absolute atomic E-state index is 1.19. The molecule has 256 valence electrons. The molecule has 2 nitrogen and oxygen atoms in total. The van der Waals surface area contributed by atoms with E-state index >= 15 is 0 Å². The molecule has 0 fully saturated rings. The van der Waals surface area contributed by atoms with Gasteiger partial charge < -0.3 is 9.55 Å². The van der Waals surface area contributed by atoms with Gasteiger partial charge in [-0.1, -0.05) is 121 Å². The summed E-state index contributed by atoms with van der Waals surface area (Å²) >= 11 is 6.98. The minimum atomic E-state index is 1.19. The molecule has 0 spiro atoms. The molecule has 0 saturated heterocycles. The topological polar surface area (TPSA) is 20.7 Å². The number of nitrogens with zero attached hydrogens (tertiary/aromatic N) is 1. The van der Waals surface area contributed by atoms with Crippen molar-refractivity contribution in [2.45, 2.75) is 0 Å². The summed E-state index contributed by atoms with van der Waals surface area (Å²) in [4.78, 5) is 3.38. The zero-order chi connectivity index (χ0) is 36.1. The predicted octanol–water partition coefficient (Wildman–Crippen LogP) is 14.9. The van der Waals surface area contributed by atoms with Crippen LogP contribution in [0.1, 0.15) is 0 Å². The quantitative estimate of drug-likeness (QED) is 0.170. The van der Waals surface area contributed by atoms with E-state index in [1.54, 1.807) is 0 Å². The van der Waals surface area contributed by atoms with Gasteiger partial charge in [-0.05, 0) is 163 Å². The maximum Gasteiger partial charge on any atom is 0.0541 e. The second-order valence-corrected chi connectivity index (χ2v) is 16.4. The van der Waals surface area contributed by atoms with Crippen molar-refractivity contribution in [1.82, 2.24) is 9.55 Å². The number of H-pyrrole nitrogens is 1. The van der Waals surface area contributed by atoms with Crippen LogP contribution in [0.15, 0.2) is 194 Å². The van der Waals surface area contributed by atoms with Crippen LogP contribution in [-0.2, 0) is 0 Å². The summed E-state index contributed by atoms with van der Waals surface area (Å²) in [5.74, 6) is 0. The van der Waals surface area contributed by atoms with E-state index in [2.05, 4.69) is 271 Å². The summed E-state index contributed by atoms with van der Waals surface area (Å²) in [6, 6.07) is 68.7. The lowest BCUT2D eigenvalue weighted by Crippen LogP contribution is -1.93. The summed E-state index contributed by atoms with van der Waals surface area (Å²) < 4.78 is 6.16. The molecule has 0 atom stereocenters. The lowest BCUT2D eigenvalue weighted by atomic mass is 10.1. The average molecular weight is 1020 g/mol. The number of halogens is 3. The molecule has 0 saturated carbocycles. The number of hydrogen-bond donors (Lipinski definition) is 1. The number of rotatable bonds is 3. The Morgan fingerprint density at radius 3 is 0.981 bits per heavy atom. The van der Waals surface area contributed by atoms with Gasteiger partial charge in [0.15, 0.2) is 0 Å². The molecular formula is C48H33I3N2. The van der Waals surface area contributed by atoms with Gasteiger partial charge in [-0.2, -0.15) is 0 Å². The third-order valence-corrected chi connectivity index (χ3v) is 11.5. The van der Waals surface area contributed by atoms with Crippen molar-refractivity contribution in [1.29, 1.82) is 0 Å². The summed E-state index contributed by atoms with van der Waals surface area (Å²) in [7, 11) is 0. The van der Waals surface area contributed by atoms with Gasteiger partial charge in [0, 0.05) is 49.0 Å². The fourth-order valence-corrected chi connectivity index (χ4v) is 7.81. The first-order valence-electron chi connectivity index (χ1n) is 17.3. The predicted molar refractivity (Wildman–Crippen MR) is 252 cm³/mol. The summed E-state index contributed by atoms with van der Waals surface area (Å²) in [6.07, 6.45) is 0. The Hall–Kier alpha value is -4.45. The molecule has 0 radical (unpaired) electrons. The maximum atomic E-state index is 3.38. The molecule has 0 aliphatic rings. The van der Waals surface area contributed by atoms with E-state index < -0.39 is 0 Å². The maximum absolute atomic E-state index is 3.38. The monoisotopic (exact) mass is 1020 g/mol. The van der Waals surface area contributed by atoms with Gasteiger partial charge in [0.05, 0.1) is 11.0 Å². The largest absolute Gasteiger partial charge is 0.355 e. The molecule has 0 aliphatic heterocycles. The number of aromatic amines is 1. The first-order valence-corrected chi connectivity index (χ1v) is 20.6. The molecule has 0 bridgehead atoms. The van der Waals surface area contributed by atoms with Crippen molar-refractivity contribution in [3.05, 3.63) is 205 Å². The molecule has 0 amide bonds. The number of para-hydroxylation sites is 4. The average Bonchev–Trinajstić information content (AvgIpc) is 3.76. The van der Waals surface area contributed by atoms with Gasteiger partial charge in [-0.25, -0.2) is 0 Å². The Morgan fingerprint density at radius 2 is 0.604 bits per heavy atom. The summed E-state index contributed by atoms with van der Waals surface area (Å²) in [6.45, 7) is 0. The van der Waals surface area contributed by atoms with E-state index in [0.29, 0.717) is 0 Å². The normalized spacial score (nSPS) is 10.9. The Kier molecular flexibility index (Phi) is 10.9. The zero-order valence-corrected chi connectivity index (χ0v) is 35.0. The van der Waals surface area contributed by atoms with Crippen LogP contribution in [0.4, 0.5) is 0 Å². The molecule has 8 aromatic carbocycles. The molecule has 5 heteroatoms. The fourth-order valence-electron chi connectivity index (χ4n) is 6.73. The van der Waals surface area contributed by atoms with E-state index in [1.165, 1.54) is 82.3 Å². The van der Waals surface area contributed by atoms with Gasteiger partial charge in [-0.15, -0.1) is 0 Å². The number of hydrogen-bond acceptors (Lipinski definition) is 0. The molecule has 2 aromatic heterocycles. The van der Waals surface area contributed by atoms with Crippen LogP contribution in [0.3, 0.4) is 0 Å². The van der Waals surface area contributed by atoms with Crippen LogP contribution in [0.25, 0.3) is 71.6 Å². The van der Waals surface area contributed by atoms with Gasteiger partial charge in [0.25, 0.3) is 0 Å². The number of fused-ring (bicyclic) bond motifs is 6. The highest BCUT2D eigenvalue weighted by molar-refractivity contribution is 14.1. The smallest absolute Gasteiger partial charge is 0.0541 e. The van der Waals surface area contributed by atoms with E-state index in [-0.39, 0.29) is 0 Å². The van der Waals surface area contributed by atoms with Crippen LogP contribution in [0, 0.1) is 10.7 Å². The van der Waals surface area contributed by atoms with Crippen molar-refractivity contribution in [2.24, 2.45) is 0 Å². The molecule has 0 aliphatic carbocycles. The number of aromatic nitrogens is 2. The van der Waals surface area contributed by atoms with E-state index in [1.807, 2.05) is 0 Å². The van der Waals surface area contributed by atoms with Crippen LogP contribution >= 0.6 is 67.8 Å². The van der Waals surface area contributed by atoms with Crippen molar-refractivity contribution in [2.75, 3.05) is 0 Å². The third kappa shape index (κ3) is 7.93. The van der Waals surface area contributed by atoms with Crippen LogP contribution in [0.5, 0.6) is 0 Å². The van der Waals surface area contributed by atoms with Crippen LogP contribution < -0.4 is 0 Å². The van der Waals surface area contributed by atoms with Gasteiger partial charge in [-0.3, -0.25) is 0 Å². The third-order valence-electron chi connectivity index (χ3n) is 9.32. The van der Waals surface area contributed by atoms with Crippen molar-refractivity contribution >= 4 is 111 Å². The SMILES string of the molecule is Ic1ccc(-c2ccc(-n3c4ccccc4c4ccccc43)cc2)cc1.Ic1ccc(-c2ccc(I)cc2)cc1.c1ccc2c(c1)[nH]c1ccccc12. The Bertz CT molecular complexity index is 2630. The molecule has 53 heavy (non-hydrogen) atoms. The second-order valence-electron chi connectivity index (χ2n) is 12.7. The Balaban J connectivity index is 0.000000125. The minimum Gasteiger partial charge on any atom is -0.355 e. The summed E-state index contributed by atoms with van der Waals surface area (Å²) in [5.41, 5.74) is 11.2. The number of nitrogens with one attached hydrogen (secondary N) is 1. The van der Waals surface area contributed by atoms with Gasteiger partial charge in [0.2, 0.25) is 0 Å². The van der Waals surface area contributed by atoms with Crippen molar-refractivity contribution in [3.63, 3.8) is 0 Å². The van der Waals surface area contributed by atoms with Crippen LogP contribution in [-0.4, -0.2) is 9.55 Å². The molecule has 0 unspecified atom stereocenters. The molecule has 1 N–H and O–H groups in total. The van der Waals surface area contributed by atoms with E-state index in [0.717, 1.165) is 0 Å². The molecular weight excluding hydrogens is 985 g/mol. The number of benzene rings is 8. The highest BCUT2D eigenvalue weighted by atomic mass is 127. The molecule has 2 heterocycles.